The molecule has 1 heterocycles. The lowest BCUT2D eigenvalue weighted by Crippen LogP contribution is -2.19. The third kappa shape index (κ3) is 4.52. The van der Waals surface area contributed by atoms with Gasteiger partial charge in [-0.15, -0.1) is 11.3 Å². The van der Waals surface area contributed by atoms with Crippen molar-refractivity contribution < 1.29 is 4.92 Å². The number of hydrogen-bond donors (Lipinski definition) is 0. The van der Waals surface area contributed by atoms with Gasteiger partial charge in [-0.05, 0) is 42.1 Å². The van der Waals surface area contributed by atoms with Crippen molar-refractivity contribution in [3.63, 3.8) is 0 Å². The topological polar surface area (TPSA) is 46.4 Å². The van der Waals surface area contributed by atoms with Gasteiger partial charge in [-0.2, -0.15) is 0 Å². The van der Waals surface area contributed by atoms with Crippen LogP contribution in [-0.4, -0.2) is 11.5 Å². The number of hydrogen-bond acceptors (Lipinski definition) is 5. The second-order valence-corrected chi connectivity index (χ2v) is 8.42. The summed E-state index contributed by atoms with van der Waals surface area (Å²) in [6, 6.07) is 9.03. The maximum atomic E-state index is 10.9. The molecule has 0 N–H and O–H groups in total. The minimum Gasteiger partial charge on any atom is -0.311 e. The van der Waals surface area contributed by atoms with Crippen molar-refractivity contribution in [3.05, 3.63) is 49.8 Å². The predicted octanol–water partition coefficient (Wildman–Crippen LogP) is 6.13. The first kappa shape index (κ1) is 17.4. The van der Waals surface area contributed by atoms with E-state index in [4.69, 9.17) is 23.2 Å². The van der Waals surface area contributed by atoms with Crippen LogP contribution < -0.4 is 4.31 Å². The normalized spacial score (nSPS) is 11.0. The van der Waals surface area contributed by atoms with Crippen LogP contribution in [0.3, 0.4) is 0 Å². The molecule has 22 heavy (non-hydrogen) atoms. The smallest absolute Gasteiger partial charge is 0.299 e. The lowest BCUT2D eigenvalue weighted by Gasteiger charge is -2.24. The Balaban J connectivity index is 2.25. The molecule has 1 aromatic carbocycles. The largest absolute Gasteiger partial charge is 0.311 e. The fourth-order valence-corrected chi connectivity index (χ4v) is 4.62. The van der Waals surface area contributed by atoms with E-state index in [2.05, 4.69) is 18.2 Å². The molecular weight excluding hydrogens is 363 g/mol. The van der Waals surface area contributed by atoms with Crippen LogP contribution in [0.4, 0.5) is 11.4 Å². The number of nitro groups is 1. The standard InChI is InChI=1S/C14H14Cl2N2O2S2/c1-9(2)8-17(11-5-3-10(15)4-6-11)22-13-7-12(18(19)20)14(16)21-13/h3-7,9H,8H2,1-2H3. The summed E-state index contributed by atoms with van der Waals surface area (Å²) in [4.78, 5) is 10.4. The molecule has 1 aromatic heterocycles. The Kier molecular flexibility index (Phi) is 5.97. The molecule has 4 nitrogen and oxygen atoms in total. The van der Waals surface area contributed by atoms with Crippen molar-refractivity contribution in [2.24, 2.45) is 5.92 Å². The van der Waals surface area contributed by atoms with Gasteiger partial charge in [0.1, 0.15) is 0 Å². The molecule has 0 amide bonds. The van der Waals surface area contributed by atoms with Gasteiger partial charge in [0.2, 0.25) is 0 Å². The van der Waals surface area contributed by atoms with Gasteiger partial charge >= 0.3 is 0 Å². The van der Waals surface area contributed by atoms with Crippen LogP contribution in [0, 0.1) is 16.0 Å². The molecule has 0 atom stereocenters. The van der Waals surface area contributed by atoms with Gasteiger partial charge in [0, 0.05) is 23.3 Å². The lowest BCUT2D eigenvalue weighted by molar-refractivity contribution is -0.384. The second kappa shape index (κ2) is 7.55. The first-order valence-electron chi connectivity index (χ1n) is 6.51. The zero-order valence-corrected chi connectivity index (χ0v) is 15.1. The van der Waals surface area contributed by atoms with Gasteiger partial charge < -0.3 is 4.31 Å². The average molecular weight is 377 g/mol. The van der Waals surface area contributed by atoms with Crippen LogP contribution >= 0.6 is 46.5 Å². The third-order valence-corrected chi connectivity index (χ3v) is 5.42. The Bertz CT molecular complexity index is 659. The minimum atomic E-state index is -0.460. The molecule has 0 spiro atoms. The summed E-state index contributed by atoms with van der Waals surface area (Å²) in [5.74, 6) is 0.439. The maximum Gasteiger partial charge on any atom is 0.299 e. The highest BCUT2D eigenvalue weighted by Gasteiger charge is 2.20. The molecule has 118 valence electrons. The van der Waals surface area contributed by atoms with Crippen LogP contribution in [0.25, 0.3) is 0 Å². The Morgan fingerprint density at radius 2 is 1.95 bits per heavy atom. The summed E-state index contributed by atoms with van der Waals surface area (Å²) in [6.45, 7) is 5.04. The Labute approximate surface area is 147 Å². The molecule has 2 rings (SSSR count). The van der Waals surface area contributed by atoms with Gasteiger partial charge in [-0.3, -0.25) is 10.1 Å². The average Bonchev–Trinajstić information content (AvgIpc) is 2.79. The summed E-state index contributed by atoms with van der Waals surface area (Å²) in [6.07, 6.45) is 0. The molecule has 0 aliphatic carbocycles. The molecule has 0 saturated heterocycles. The summed E-state index contributed by atoms with van der Waals surface area (Å²) in [5.41, 5.74) is 0.949. The summed E-state index contributed by atoms with van der Waals surface area (Å²) in [5, 5.41) is 11.6. The molecule has 0 fully saturated rings. The van der Waals surface area contributed by atoms with Gasteiger partial charge in [0.05, 0.1) is 9.13 Å². The van der Waals surface area contributed by atoms with Gasteiger partial charge in [-0.1, -0.05) is 37.0 Å². The molecule has 0 saturated carbocycles. The Morgan fingerprint density at radius 1 is 1.32 bits per heavy atom. The first-order valence-corrected chi connectivity index (χ1v) is 8.86. The highest BCUT2D eigenvalue weighted by Crippen LogP contribution is 2.41. The minimum absolute atomic E-state index is 0.0465. The van der Waals surface area contributed by atoms with Crippen LogP contribution in [-0.2, 0) is 0 Å². The molecule has 0 aliphatic rings. The van der Waals surface area contributed by atoms with Gasteiger partial charge in [0.15, 0.2) is 4.34 Å². The van der Waals surface area contributed by atoms with E-state index in [1.807, 2.05) is 24.3 Å². The third-order valence-electron chi connectivity index (χ3n) is 2.69. The maximum absolute atomic E-state index is 10.9. The molecule has 0 radical (unpaired) electrons. The van der Waals surface area contributed by atoms with E-state index < -0.39 is 4.92 Å². The van der Waals surface area contributed by atoms with Crippen molar-refractivity contribution in [1.82, 2.24) is 0 Å². The zero-order valence-electron chi connectivity index (χ0n) is 12.0. The summed E-state index contributed by atoms with van der Waals surface area (Å²) < 4.78 is 3.08. The van der Waals surface area contributed by atoms with Gasteiger partial charge in [-0.25, -0.2) is 0 Å². The van der Waals surface area contributed by atoms with Crippen LogP contribution in [0.2, 0.25) is 9.36 Å². The van der Waals surface area contributed by atoms with E-state index in [0.717, 1.165) is 16.4 Å². The van der Waals surface area contributed by atoms with Crippen molar-refractivity contribution in [2.45, 2.75) is 18.1 Å². The molecule has 0 aliphatic heterocycles. The Morgan fingerprint density at radius 3 is 2.45 bits per heavy atom. The highest BCUT2D eigenvalue weighted by molar-refractivity contribution is 8.02. The number of benzene rings is 1. The monoisotopic (exact) mass is 376 g/mol. The number of anilines is 1. The molecule has 2 aromatic rings. The summed E-state index contributed by atoms with van der Waals surface area (Å²) in [7, 11) is 0. The van der Waals surface area contributed by atoms with E-state index in [1.54, 1.807) is 0 Å². The van der Waals surface area contributed by atoms with Crippen molar-refractivity contribution >= 4 is 57.9 Å². The molecule has 0 bridgehead atoms. The van der Waals surface area contributed by atoms with Crippen molar-refractivity contribution in [1.29, 1.82) is 0 Å². The summed E-state index contributed by atoms with van der Waals surface area (Å²) >= 11 is 14.5. The number of nitrogens with zero attached hydrogens (tertiary/aromatic N) is 2. The number of thiophene rings is 1. The Hall–Kier alpha value is -0.950. The first-order chi connectivity index (χ1) is 10.4. The molecule has 8 heteroatoms. The zero-order chi connectivity index (χ0) is 16.3. The van der Waals surface area contributed by atoms with E-state index in [0.29, 0.717) is 10.9 Å². The fraction of sp³-hybridized carbons (Fsp3) is 0.286. The molecular formula is C14H14Cl2N2O2S2. The van der Waals surface area contributed by atoms with Gasteiger partial charge in [0.25, 0.3) is 5.69 Å². The SMILES string of the molecule is CC(C)CN(Sc1cc([N+](=O)[O-])c(Cl)s1)c1ccc(Cl)cc1. The van der Waals surface area contributed by atoms with E-state index in [-0.39, 0.29) is 10.0 Å². The van der Waals surface area contributed by atoms with Crippen LogP contribution in [0.15, 0.2) is 34.5 Å². The molecule has 0 unspecified atom stereocenters. The van der Waals surface area contributed by atoms with Crippen molar-refractivity contribution in [2.75, 3.05) is 10.8 Å². The fourth-order valence-electron chi connectivity index (χ4n) is 1.75. The number of halogens is 2. The van der Waals surface area contributed by atoms with Crippen molar-refractivity contribution in [3.8, 4) is 0 Å². The van der Waals surface area contributed by atoms with Crippen LogP contribution in [0.1, 0.15) is 13.8 Å². The van der Waals surface area contributed by atoms with E-state index in [1.165, 1.54) is 29.4 Å². The quantitative estimate of drug-likeness (QED) is 0.345. The van der Waals surface area contributed by atoms with E-state index in [9.17, 15) is 10.1 Å². The number of rotatable bonds is 6. The van der Waals surface area contributed by atoms with Crippen LogP contribution in [0.5, 0.6) is 0 Å². The second-order valence-electron chi connectivity index (χ2n) is 5.00. The van der Waals surface area contributed by atoms with E-state index >= 15 is 0 Å². The highest BCUT2D eigenvalue weighted by atomic mass is 35.5. The predicted molar refractivity (Wildman–Crippen MR) is 95.5 cm³/mol. The lowest BCUT2D eigenvalue weighted by atomic mass is 10.2.